The number of nitrogens with zero attached hydrogens (tertiary/aromatic N) is 1. The van der Waals surface area contributed by atoms with E-state index >= 15 is 0 Å². The molecule has 0 amide bonds. The second-order valence-corrected chi connectivity index (χ2v) is 5.52. The smallest absolute Gasteiger partial charge is 0.0351 e. The van der Waals surface area contributed by atoms with Crippen molar-refractivity contribution in [2.75, 3.05) is 26.2 Å². The Kier molecular flexibility index (Phi) is 4.41. The highest BCUT2D eigenvalue weighted by Gasteiger charge is 2.23. The van der Waals surface area contributed by atoms with E-state index in [-0.39, 0.29) is 0 Å². The summed E-state index contributed by atoms with van der Waals surface area (Å²) in [6, 6.07) is 5.24. The van der Waals surface area contributed by atoms with E-state index in [1.165, 1.54) is 36.2 Å². The molecule has 18 heavy (non-hydrogen) atoms. The van der Waals surface area contributed by atoms with Crippen LogP contribution in [0.2, 0.25) is 0 Å². The molecule has 1 saturated heterocycles. The molecule has 1 heterocycles. The Morgan fingerprint density at radius 2 is 1.67 bits per heavy atom. The number of hydrogen-bond donors (Lipinski definition) is 1. The molecule has 0 aromatic heterocycles. The molecule has 100 valence electrons. The van der Waals surface area contributed by atoms with Gasteiger partial charge in [-0.25, -0.2) is 0 Å². The quantitative estimate of drug-likeness (QED) is 0.882. The highest BCUT2D eigenvalue weighted by atomic mass is 15.2. The number of hydrogen-bond acceptors (Lipinski definition) is 2. The fourth-order valence-corrected chi connectivity index (χ4v) is 3.36. The maximum absolute atomic E-state index is 3.44. The average molecular weight is 246 g/mol. The van der Waals surface area contributed by atoms with Gasteiger partial charge < -0.3 is 5.32 Å². The molecule has 1 aromatic rings. The summed E-state index contributed by atoms with van der Waals surface area (Å²) < 4.78 is 0. The maximum Gasteiger partial charge on any atom is 0.0351 e. The van der Waals surface area contributed by atoms with E-state index in [0.717, 1.165) is 13.1 Å². The largest absolute Gasteiger partial charge is 0.314 e. The third-order valence-corrected chi connectivity index (χ3v) is 4.05. The molecule has 2 heteroatoms. The van der Waals surface area contributed by atoms with Crippen LogP contribution >= 0.6 is 0 Å². The first-order chi connectivity index (χ1) is 8.63. The molecule has 0 radical (unpaired) electrons. The van der Waals surface area contributed by atoms with E-state index in [2.05, 4.69) is 50.0 Å². The van der Waals surface area contributed by atoms with Crippen molar-refractivity contribution in [1.29, 1.82) is 0 Å². The number of benzene rings is 1. The minimum atomic E-state index is 0.590. The Labute approximate surface area is 111 Å². The summed E-state index contributed by atoms with van der Waals surface area (Å²) in [4.78, 5) is 2.64. The van der Waals surface area contributed by atoms with Crippen molar-refractivity contribution in [1.82, 2.24) is 10.2 Å². The normalized spacial score (nSPS) is 18.9. The third kappa shape index (κ3) is 2.76. The van der Waals surface area contributed by atoms with Crippen molar-refractivity contribution in [2.45, 2.75) is 40.2 Å². The fourth-order valence-electron chi connectivity index (χ4n) is 3.36. The zero-order valence-corrected chi connectivity index (χ0v) is 12.2. The van der Waals surface area contributed by atoms with Crippen molar-refractivity contribution in [3.63, 3.8) is 0 Å². The van der Waals surface area contributed by atoms with Crippen molar-refractivity contribution in [3.8, 4) is 0 Å². The van der Waals surface area contributed by atoms with Crippen molar-refractivity contribution in [3.05, 3.63) is 34.4 Å². The monoisotopic (exact) mass is 246 g/mol. The van der Waals surface area contributed by atoms with E-state index in [9.17, 15) is 0 Å². The van der Waals surface area contributed by atoms with Gasteiger partial charge in [-0.2, -0.15) is 0 Å². The van der Waals surface area contributed by atoms with Crippen molar-refractivity contribution >= 4 is 0 Å². The number of piperazine rings is 1. The molecule has 2 nitrogen and oxygen atoms in total. The molecule has 1 aliphatic heterocycles. The van der Waals surface area contributed by atoms with Gasteiger partial charge in [0.15, 0.2) is 0 Å². The van der Waals surface area contributed by atoms with Gasteiger partial charge in [0.05, 0.1) is 0 Å². The van der Waals surface area contributed by atoms with Gasteiger partial charge in [-0.3, -0.25) is 4.90 Å². The molecule has 2 rings (SSSR count). The van der Waals surface area contributed by atoms with Gasteiger partial charge in [0, 0.05) is 32.2 Å². The minimum Gasteiger partial charge on any atom is -0.314 e. The first kappa shape index (κ1) is 13.6. The van der Waals surface area contributed by atoms with Crippen LogP contribution in [-0.2, 0) is 0 Å². The number of nitrogens with one attached hydrogen (secondary N) is 1. The standard InChI is InChI=1S/C16H26N2/c1-5-15(18-8-6-17-7-9-18)16-13(3)10-12(2)11-14(16)4/h10-11,15,17H,5-9H2,1-4H3/t15-/m1/s1. The molecular formula is C16H26N2. The molecule has 0 saturated carbocycles. The summed E-state index contributed by atoms with van der Waals surface area (Å²) in [5.41, 5.74) is 5.85. The highest BCUT2D eigenvalue weighted by Crippen LogP contribution is 2.30. The summed E-state index contributed by atoms with van der Waals surface area (Å²) >= 11 is 0. The van der Waals surface area contributed by atoms with Crippen molar-refractivity contribution < 1.29 is 0 Å². The first-order valence-electron chi connectivity index (χ1n) is 7.16. The predicted octanol–water partition coefficient (Wildman–Crippen LogP) is 2.97. The van der Waals surface area contributed by atoms with Crippen LogP contribution in [0.15, 0.2) is 12.1 Å². The Morgan fingerprint density at radius 3 is 2.17 bits per heavy atom. The van der Waals surface area contributed by atoms with Crippen LogP contribution in [-0.4, -0.2) is 31.1 Å². The fraction of sp³-hybridized carbons (Fsp3) is 0.625. The van der Waals surface area contributed by atoms with Gasteiger partial charge in [-0.15, -0.1) is 0 Å². The lowest BCUT2D eigenvalue weighted by atomic mass is 9.91. The van der Waals surface area contributed by atoms with Crippen LogP contribution in [0, 0.1) is 20.8 Å². The Balaban J connectivity index is 2.32. The van der Waals surface area contributed by atoms with E-state index in [4.69, 9.17) is 0 Å². The summed E-state index contributed by atoms with van der Waals surface area (Å²) in [5.74, 6) is 0. The molecule has 0 aliphatic carbocycles. The Bertz CT molecular complexity index is 383. The molecular weight excluding hydrogens is 220 g/mol. The van der Waals surface area contributed by atoms with Gasteiger partial charge in [0.25, 0.3) is 0 Å². The molecule has 1 fully saturated rings. The van der Waals surface area contributed by atoms with Crippen LogP contribution < -0.4 is 5.32 Å². The summed E-state index contributed by atoms with van der Waals surface area (Å²) in [7, 11) is 0. The van der Waals surface area contributed by atoms with Gasteiger partial charge in [-0.05, 0) is 43.9 Å². The molecule has 1 aliphatic rings. The lowest BCUT2D eigenvalue weighted by molar-refractivity contribution is 0.168. The predicted molar refractivity (Wildman–Crippen MR) is 78.1 cm³/mol. The SMILES string of the molecule is CC[C@H](c1c(C)cc(C)cc1C)N1CCNCC1. The van der Waals surface area contributed by atoms with E-state index in [1.807, 2.05) is 0 Å². The maximum atomic E-state index is 3.44. The van der Waals surface area contributed by atoms with Crippen LogP contribution in [0.4, 0.5) is 0 Å². The Hall–Kier alpha value is -0.860. The zero-order valence-electron chi connectivity index (χ0n) is 12.2. The van der Waals surface area contributed by atoms with Gasteiger partial charge >= 0.3 is 0 Å². The second kappa shape index (κ2) is 5.85. The van der Waals surface area contributed by atoms with Gasteiger partial charge in [0.1, 0.15) is 0 Å². The zero-order chi connectivity index (χ0) is 13.1. The topological polar surface area (TPSA) is 15.3 Å². The minimum absolute atomic E-state index is 0.590. The van der Waals surface area contributed by atoms with E-state index in [0.29, 0.717) is 6.04 Å². The molecule has 1 aromatic carbocycles. The van der Waals surface area contributed by atoms with Crippen LogP contribution in [0.5, 0.6) is 0 Å². The lowest BCUT2D eigenvalue weighted by Crippen LogP contribution is -2.45. The van der Waals surface area contributed by atoms with Crippen molar-refractivity contribution in [2.24, 2.45) is 0 Å². The highest BCUT2D eigenvalue weighted by molar-refractivity contribution is 5.39. The first-order valence-corrected chi connectivity index (χ1v) is 7.16. The van der Waals surface area contributed by atoms with Gasteiger partial charge in [0.2, 0.25) is 0 Å². The average Bonchev–Trinajstić information content (AvgIpc) is 2.34. The van der Waals surface area contributed by atoms with Crippen LogP contribution in [0.1, 0.15) is 41.6 Å². The summed E-state index contributed by atoms with van der Waals surface area (Å²) in [6.07, 6.45) is 1.20. The van der Waals surface area contributed by atoms with E-state index in [1.54, 1.807) is 5.56 Å². The second-order valence-electron chi connectivity index (χ2n) is 5.52. The summed E-state index contributed by atoms with van der Waals surface area (Å²) in [6.45, 7) is 13.6. The van der Waals surface area contributed by atoms with Gasteiger partial charge in [-0.1, -0.05) is 24.6 Å². The molecule has 1 N–H and O–H groups in total. The van der Waals surface area contributed by atoms with Crippen LogP contribution in [0.25, 0.3) is 0 Å². The molecule has 0 bridgehead atoms. The van der Waals surface area contributed by atoms with E-state index < -0.39 is 0 Å². The number of rotatable bonds is 3. The lowest BCUT2D eigenvalue weighted by Gasteiger charge is -2.36. The number of aryl methyl sites for hydroxylation is 3. The molecule has 1 atom stereocenters. The molecule has 0 unspecified atom stereocenters. The third-order valence-electron chi connectivity index (χ3n) is 4.05. The Morgan fingerprint density at radius 1 is 1.11 bits per heavy atom. The molecule has 0 spiro atoms. The summed E-state index contributed by atoms with van der Waals surface area (Å²) in [5, 5.41) is 3.44. The van der Waals surface area contributed by atoms with Crippen LogP contribution in [0.3, 0.4) is 0 Å².